The molecule has 0 bridgehead atoms. The molecule has 0 fully saturated rings. The van der Waals surface area contributed by atoms with Gasteiger partial charge in [0.1, 0.15) is 16.7 Å². The number of aromatic nitrogens is 1. The molecule has 0 radical (unpaired) electrons. The number of fused-ring (bicyclic) bond motifs is 4. The summed E-state index contributed by atoms with van der Waals surface area (Å²) >= 11 is 0. The van der Waals surface area contributed by atoms with Crippen molar-refractivity contribution in [3.8, 4) is 11.5 Å². The van der Waals surface area contributed by atoms with Gasteiger partial charge in [-0.1, -0.05) is 30.3 Å². The van der Waals surface area contributed by atoms with Gasteiger partial charge in [-0.15, -0.1) is 0 Å². The molecule has 2 heterocycles. The summed E-state index contributed by atoms with van der Waals surface area (Å²) < 4.78 is 11.1. The van der Waals surface area contributed by atoms with Crippen molar-refractivity contribution >= 4 is 38.5 Å². The molecular weight excluding hydrogens is 348 g/mol. The number of nitro groups is 1. The maximum absolute atomic E-state index is 12.4. The van der Waals surface area contributed by atoms with E-state index < -0.39 is 10.5 Å². The van der Waals surface area contributed by atoms with E-state index in [9.17, 15) is 14.9 Å². The van der Waals surface area contributed by atoms with Gasteiger partial charge in [0.2, 0.25) is 5.89 Å². The van der Waals surface area contributed by atoms with Crippen LogP contribution in [0.1, 0.15) is 0 Å². The van der Waals surface area contributed by atoms with Crippen molar-refractivity contribution in [2.24, 2.45) is 0 Å². The van der Waals surface area contributed by atoms with Gasteiger partial charge in [-0.25, -0.2) is 9.78 Å². The first-order chi connectivity index (χ1) is 13.1. The van der Waals surface area contributed by atoms with Gasteiger partial charge in [0.25, 0.3) is 5.69 Å². The minimum Gasteiger partial charge on any atom is -0.436 e. The largest absolute Gasteiger partial charge is 0.436 e. The Morgan fingerprint density at radius 1 is 0.889 bits per heavy atom. The molecule has 3 aromatic carbocycles. The Morgan fingerprint density at radius 2 is 1.74 bits per heavy atom. The lowest BCUT2D eigenvalue weighted by Crippen LogP contribution is -2.02. The molecule has 7 nitrogen and oxygen atoms in total. The van der Waals surface area contributed by atoms with Gasteiger partial charge in [0.05, 0.1) is 11.0 Å². The summed E-state index contributed by atoms with van der Waals surface area (Å²) in [4.78, 5) is 27.1. The molecule has 0 saturated carbocycles. The number of nitrogens with zero attached hydrogens (tertiary/aromatic N) is 2. The van der Waals surface area contributed by atoms with Gasteiger partial charge >= 0.3 is 5.63 Å². The van der Waals surface area contributed by atoms with Gasteiger partial charge in [-0.3, -0.25) is 10.1 Å². The minimum atomic E-state index is -0.584. The Hall–Kier alpha value is -4.00. The molecule has 0 amide bonds. The number of hydrogen-bond acceptors (Lipinski definition) is 6. The fourth-order valence-corrected chi connectivity index (χ4v) is 3.16. The second kappa shape index (κ2) is 5.50. The first-order valence-corrected chi connectivity index (χ1v) is 8.11. The van der Waals surface area contributed by atoms with Crippen LogP contribution in [0.25, 0.3) is 44.3 Å². The third-order valence-electron chi connectivity index (χ3n) is 4.46. The molecule has 0 saturated heterocycles. The molecule has 0 aliphatic rings. The molecule has 5 aromatic rings. The van der Waals surface area contributed by atoms with Crippen LogP contribution in [-0.2, 0) is 0 Å². The topological polar surface area (TPSA) is 99.4 Å². The van der Waals surface area contributed by atoms with Crippen molar-refractivity contribution in [1.82, 2.24) is 4.98 Å². The molecule has 2 aromatic heterocycles. The molecule has 27 heavy (non-hydrogen) atoms. The normalized spacial score (nSPS) is 11.4. The second-order valence-electron chi connectivity index (χ2n) is 6.07. The highest BCUT2D eigenvalue weighted by atomic mass is 16.6. The monoisotopic (exact) mass is 358 g/mol. The molecule has 0 N–H and O–H groups in total. The number of rotatable bonds is 2. The standard InChI is InChI=1S/C20H10N2O5/c23-20-15(19-21-16-7-6-12(22(24)25)9-18(16)26-19)10-14-13-4-2-1-3-11(13)5-8-17(14)27-20/h1-10H. The summed E-state index contributed by atoms with van der Waals surface area (Å²) in [7, 11) is 0. The van der Waals surface area contributed by atoms with Crippen molar-refractivity contribution in [1.29, 1.82) is 0 Å². The maximum atomic E-state index is 12.4. The van der Waals surface area contributed by atoms with Gasteiger partial charge < -0.3 is 8.83 Å². The molecule has 5 rings (SSSR count). The van der Waals surface area contributed by atoms with E-state index >= 15 is 0 Å². The smallest absolute Gasteiger partial charge is 0.349 e. The van der Waals surface area contributed by atoms with Crippen LogP contribution in [0, 0.1) is 10.1 Å². The quantitative estimate of drug-likeness (QED) is 0.197. The first kappa shape index (κ1) is 15.3. The van der Waals surface area contributed by atoms with E-state index in [2.05, 4.69) is 4.98 Å². The number of benzene rings is 3. The molecule has 0 spiro atoms. The Balaban J connectivity index is 1.78. The third kappa shape index (κ3) is 2.36. The predicted octanol–water partition coefficient (Wildman–Crippen LogP) is 4.66. The van der Waals surface area contributed by atoms with Crippen LogP contribution in [0.3, 0.4) is 0 Å². The predicted molar refractivity (Wildman–Crippen MR) is 99.6 cm³/mol. The van der Waals surface area contributed by atoms with Crippen molar-refractivity contribution in [2.45, 2.75) is 0 Å². The molecular formula is C20H10N2O5. The lowest BCUT2D eigenvalue weighted by atomic mass is 10.0. The summed E-state index contributed by atoms with van der Waals surface area (Å²) in [6.45, 7) is 0. The third-order valence-corrected chi connectivity index (χ3v) is 4.46. The fraction of sp³-hybridized carbons (Fsp3) is 0. The van der Waals surface area contributed by atoms with E-state index in [-0.39, 0.29) is 22.7 Å². The van der Waals surface area contributed by atoms with Crippen LogP contribution in [0.4, 0.5) is 5.69 Å². The van der Waals surface area contributed by atoms with Gasteiger partial charge in [-0.2, -0.15) is 0 Å². The molecule has 0 aliphatic heterocycles. The Labute approximate surface area is 150 Å². The first-order valence-electron chi connectivity index (χ1n) is 8.11. The van der Waals surface area contributed by atoms with E-state index in [0.29, 0.717) is 11.1 Å². The zero-order chi connectivity index (χ0) is 18.5. The van der Waals surface area contributed by atoms with E-state index in [0.717, 1.165) is 16.2 Å². The van der Waals surface area contributed by atoms with Crippen LogP contribution in [0.15, 0.2) is 74.3 Å². The fourth-order valence-electron chi connectivity index (χ4n) is 3.16. The SMILES string of the molecule is O=c1oc2ccc3ccccc3c2cc1-c1nc2ccc([N+](=O)[O-])cc2o1. The molecule has 0 unspecified atom stereocenters. The van der Waals surface area contributed by atoms with Gasteiger partial charge in [0.15, 0.2) is 5.58 Å². The number of hydrogen-bond donors (Lipinski definition) is 0. The van der Waals surface area contributed by atoms with E-state index in [1.807, 2.05) is 30.3 Å². The number of non-ortho nitro benzene ring substituents is 1. The highest BCUT2D eigenvalue weighted by Gasteiger charge is 2.17. The van der Waals surface area contributed by atoms with Crippen molar-refractivity contribution in [3.05, 3.63) is 81.2 Å². The second-order valence-corrected chi connectivity index (χ2v) is 6.07. The maximum Gasteiger partial charge on any atom is 0.349 e. The van der Waals surface area contributed by atoms with Gasteiger partial charge in [0, 0.05) is 11.5 Å². The van der Waals surface area contributed by atoms with Crippen molar-refractivity contribution in [3.63, 3.8) is 0 Å². The van der Waals surface area contributed by atoms with E-state index in [1.165, 1.54) is 18.2 Å². The molecule has 130 valence electrons. The summed E-state index contributed by atoms with van der Waals surface area (Å²) in [5.41, 5.74) is 0.595. The average molecular weight is 358 g/mol. The van der Waals surface area contributed by atoms with Crippen LogP contribution in [0.5, 0.6) is 0 Å². The lowest BCUT2D eigenvalue weighted by molar-refractivity contribution is -0.384. The Morgan fingerprint density at radius 3 is 2.59 bits per heavy atom. The highest BCUT2D eigenvalue weighted by Crippen LogP contribution is 2.30. The highest BCUT2D eigenvalue weighted by molar-refractivity contribution is 6.06. The van der Waals surface area contributed by atoms with Crippen molar-refractivity contribution in [2.75, 3.05) is 0 Å². The summed E-state index contributed by atoms with van der Waals surface area (Å²) in [6, 6.07) is 17.2. The van der Waals surface area contributed by atoms with Crippen LogP contribution in [0.2, 0.25) is 0 Å². The minimum absolute atomic E-state index is 0.0640. The zero-order valence-corrected chi connectivity index (χ0v) is 13.7. The van der Waals surface area contributed by atoms with Crippen LogP contribution in [-0.4, -0.2) is 9.91 Å². The lowest BCUT2D eigenvalue weighted by Gasteiger charge is -2.03. The van der Waals surface area contributed by atoms with Crippen LogP contribution < -0.4 is 5.63 Å². The molecule has 7 heteroatoms. The molecule has 0 atom stereocenters. The number of oxazole rings is 1. The van der Waals surface area contributed by atoms with E-state index in [1.54, 1.807) is 12.1 Å². The van der Waals surface area contributed by atoms with Crippen LogP contribution >= 0.6 is 0 Å². The Kier molecular flexibility index (Phi) is 3.11. The zero-order valence-electron chi connectivity index (χ0n) is 13.7. The summed E-state index contributed by atoms with van der Waals surface area (Å²) in [6.07, 6.45) is 0. The summed E-state index contributed by atoms with van der Waals surface area (Å²) in [5, 5.41) is 13.6. The summed E-state index contributed by atoms with van der Waals surface area (Å²) in [5.74, 6) is 0.0640. The van der Waals surface area contributed by atoms with E-state index in [4.69, 9.17) is 8.83 Å². The van der Waals surface area contributed by atoms with Gasteiger partial charge in [-0.05, 0) is 29.0 Å². The molecule has 0 aliphatic carbocycles. The average Bonchev–Trinajstić information content (AvgIpc) is 3.10. The Bertz CT molecular complexity index is 1430. The van der Waals surface area contributed by atoms with Crippen molar-refractivity contribution < 1.29 is 13.8 Å². The number of nitro benzene ring substituents is 1.